The van der Waals surface area contributed by atoms with E-state index in [0.717, 1.165) is 0 Å². The molecule has 1 N–H and O–H groups in total. The minimum Gasteiger partial charge on any atom is -0.353 e. The van der Waals surface area contributed by atoms with Crippen molar-refractivity contribution < 1.29 is 4.79 Å². The maximum absolute atomic E-state index is 11.3. The molecule has 0 spiro atoms. The summed E-state index contributed by atoms with van der Waals surface area (Å²) in [7, 11) is 0. The molecule has 0 radical (unpaired) electrons. The van der Waals surface area contributed by atoms with Crippen LogP contribution >= 0.6 is 0 Å². The fraction of sp³-hybridized carbons (Fsp3) is 0.900. The molecule has 0 aromatic heterocycles. The molecule has 0 saturated carbocycles. The van der Waals surface area contributed by atoms with Crippen LogP contribution in [0.15, 0.2) is 0 Å². The predicted octanol–water partition coefficient (Wildman–Crippen LogP) is 2.19. The third-order valence-electron chi connectivity index (χ3n) is 1.98. The lowest BCUT2D eigenvalue weighted by atomic mass is 10.1. The van der Waals surface area contributed by atoms with Gasteiger partial charge in [-0.1, -0.05) is 27.7 Å². The zero-order valence-electron chi connectivity index (χ0n) is 8.85. The zero-order valence-corrected chi connectivity index (χ0v) is 8.85. The highest BCUT2D eigenvalue weighted by molar-refractivity contribution is 5.76. The Morgan fingerprint density at radius 1 is 1.17 bits per heavy atom. The molecule has 1 amide bonds. The second-order valence-corrected chi connectivity index (χ2v) is 4.20. The molecule has 0 unspecified atom stereocenters. The summed E-state index contributed by atoms with van der Waals surface area (Å²) in [4.78, 5) is 11.3. The highest BCUT2D eigenvalue weighted by Gasteiger charge is 2.11. The van der Waals surface area contributed by atoms with E-state index in [-0.39, 0.29) is 11.9 Å². The van der Waals surface area contributed by atoms with Crippen LogP contribution in [-0.4, -0.2) is 11.9 Å². The van der Waals surface area contributed by atoms with E-state index in [1.54, 1.807) is 0 Å². The van der Waals surface area contributed by atoms with E-state index < -0.39 is 0 Å². The van der Waals surface area contributed by atoms with Crippen molar-refractivity contribution in [3.05, 3.63) is 0 Å². The van der Waals surface area contributed by atoms with Gasteiger partial charge < -0.3 is 5.32 Å². The summed E-state index contributed by atoms with van der Waals surface area (Å²) < 4.78 is 0. The second kappa shape index (κ2) is 5.18. The summed E-state index contributed by atoms with van der Waals surface area (Å²) in [5.74, 6) is 1.14. The first kappa shape index (κ1) is 11.5. The Labute approximate surface area is 75.7 Å². The normalized spacial score (nSPS) is 13.6. The fourth-order valence-electron chi connectivity index (χ4n) is 0.850. The molecule has 0 bridgehead atoms. The van der Waals surface area contributed by atoms with Crippen LogP contribution in [0.3, 0.4) is 0 Å². The van der Waals surface area contributed by atoms with Gasteiger partial charge in [0.2, 0.25) is 5.91 Å². The highest BCUT2D eigenvalue weighted by atomic mass is 16.1. The summed E-state index contributed by atoms with van der Waals surface area (Å²) >= 11 is 0. The predicted molar refractivity (Wildman–Crippen MR) is 51.9 cm³/mol. The molecule has 2 nitrogen and oxygen atoms in total. The first-order chi connectivity index (χ1) is 5.43. The summed E-state index contributed by atoms with van der Waals surface area (Å²) in [6.45, 7) is 10.4. The standard InChI is InChI=1S/C10H21NO/c1-7(2)6-10(12)11-9(5)8(3)4/h7-9H,6H2,1-5H3,(H,11,12)/t9-/m0/s1. The zero-order chi connectivity index (χ0) is 9.72. The molecule has 0 heterocycles. The van der Waals surface area contributed by atoms with Crippen LogP contribution in [0, 0.1) is 11.8 Å². The number of amides is 1. The van der Waals surface area contributed by atoms with Crippen molar-refractivity contribution in [3.63, 3.8) is 0 Å². The molecule has 0 aromatic rings. The first-order valence-corrected chi connectivity index (χ1v) is 4.72. The van der Waals surface area contributed by atoms with Gasteiger partial charge in [0.25, 0.3) is 0 Å². The van der Waals surface area contributed by atoms with E-state index >= 15 is 0 Å². The lowest BCUT2D eigenvalue weighted by Crippen LogP contribution is -2.36. The second-order valence-electron chi connectivity index (χ2n) is 4.20. The van der Waals surface area contributed by atoms with Crippen molar-refractivity contribution >= 4 is 5.91 Å². The molecule has 72 valence electrons. The van der Waals surface area contributed by atoms with Gasteiger partial charge in [-0.05, 0) is 18.8 Å². The van der Waals surface area contributed by atoms with Gasteiger partial charge in [0, 0.05) is 12.5 Å². The number of carbonyl (C=O) groups excluding carboxylic acids is 1. The van der Waals surface area contributed by atoms with E-state index in [9.17, 15) is 4.79 Å². The average molecular weight is 171 g/mol. The molecular weight excluding hydrogens is 150 g/mol. The Balaban J connectivity index is 3.69. The van der Waals surface area contributed by atoms with Gasteiger partial charge in [-0.25, -0.2) is 0 Å². The van der Waals surface area contributed by atoms with Crippen molar-refractivity contribution in [2.45, 2.75) is 47.1 Å². The van der Waals surface area contributed by atoms with E-state index in [4.69, 9.17) is 0 Å². The monoisotopic (exact) mass is 171 g/mol. The molecule has 2 heteroatoms. The lowest BCUT2D eigenvalue weighted by Gasteiger charge is -2.17. The largest absolute Gasteiger partial charge is 0.353 e. The molecule has 0 saturated heterocycles. The van der Waals surface area contributed by atoms with Gasteiger partial charge in [0.05, 0.1) is 0 Å². The van der Waals surface area contributed by atoms with Gasteiger partial charge in [0.1, 0.15) is 0 Å². The van der Waals surface area contributed by atoms with Crippen LogP contribution in [-0.2, 0) is 4.79 Å². The van der Waals surface area contributed by atoms with Crippen molar-refractivity contribution in [1.29, 1.82) is 0 Å². The summed E-state index contributed by atoms with van der Waals surface area (Å²) in [5.41, 5.74) is 0. The molecule has 0 aliphatic heterocycles. The molecule has 0 aromatic carbocycles. The van der Waals surface area contributed by atoms with Crippen molar-refractivity contribution in [2.24, 2.45) is 11.8 Å². The topological polar surface area (TPSA) is 29.1 Å². The smallest absolute Gasteiger partial charge is 0.220 e. The van der Waals surface area contributed by atoms with Crippen molar-refractivity contribution in [2.75, 3.05) is 0 Å². The van der Waals surface area contributed by atoms with Crippen LogP contribution in [0.25, 0.3) is 0 Å². The van der Waals surface area contributed by atoms with Crippen LogP contribution in [0.2, 0.25) is 0 Å². The van der Waals surface area contributed by atoms with Crippen LogP contribution in [0.1, 0.15) is 41.0 Å². The Morgan fingerprint density at radius 3 is 2.00 bits per heavy atom. The number of carbonyl (C=O) groups is 1. The average Bonchev–Trinajstić information content (AvgIpc) is 1.84. The van der Waals surface area contributed by atoms with E-state index in [1.807, 2.05) is 6.92 Å². The van der Waals surface area contributed by atoms with Gasteiger partial charge >= 0.3 is 0 Å². The number of nitrogens with one attached hydrogen (secondary N) is 1. The quantitative estimate of drug-likeness (QED) is 0.690. The number of rotatable bonds is 4. The van der Waals surface area contributed by atoms with E-state index in [2.05, 4.69) is 33.0 Å². The Hall–Kier alpha value is -0.530. The van der Waals surface area contributed by atoms with E-state index in [0.29, 0.717) is 18.3 Å². The SMILES string of the molecule is CC(C)CC(=O)N[C@@H](C)C(C)C. The van der Waals surface area contributed by atoms with Crippen LogP contribution < -0.4 is 5.32 Å². The Bertz CT molecular complexity index is 141. The molecule has 0 aliphatic rings. The number of hydrogen-bond donors (Lipinski definition) is 1. The maximum Gasteiger partial charge on any atom is 0.220 e. The third kappa shape index (κ3) is 5.16. The summed E-state index contributed by atoms with van der Waals surface area (Å²) in [5, 5.41) is 2.97. The third-order valence-corrected chi connectivity index (χ3v) is 1.98. The fourth-order valence-corrected chi connectivity index (χ4v) is 0.850. The van der Waals surface area contributed by atoms with Crippen LogP contribution in [0.5, 0.6) is 0 Å². The Morgan fingerprint density at radius 2 is 1.67 bits per heavy atom. The van der Waals surface area contributed by atoms with Crippen molar-refractivity contribution in [3.8, 4) is 0 Å². The molecule has 0 fully saturated rings. The number of hydrogen-bond acceptors (Lipinski definition) is 1. The first-order valence-electron chi connectivity index (χ1n) is 4.72. The molecule has 0 aliphatic carbocycles. The molecule has 12 heavy (non-hydrogen) atoms. The molecule has 1 atom stereocenters. The summed E-state index contributed by atoms with van der Waals surface area (Å²) in [6.07, 6.45) is 0.636. The van der Waals surface area contributed by atoms with Gasteiger partial charge in [0.15, 0.2) is 0 Å². The van der Waals surface area contributed by atoms with Crippen LogP contribution in [0.4, 0.5) is 0 Å². The Kier molecular flexibility index (Phi) is 4.95. The molecular formula is C10H21NO. The van der Waals surface area contributed by atoms with Gasteiger partial charge in [-0.15, -0.1) is 0 Å². The maximum atomic E-state index is 11.3. The highest BCUT2D eigenvalue weighted by Crippen LogP contribution is 2.03. The van der Waals surface area contributed by atoms with Gasteiger partial charge in [-0.3, -0.25) is 4.79 Å². The summed E-state index contributed by atoms with van der Waals surface area (Å²) in [6, 6.07) is 0.288. The molecule has 0 rings (SSSR count). The minimum absolute atomic E-state index is 0.172. The lowest BCUT2D eigenvalue weighted by molar-refractivity contribution is -0.122. The van der Waals surface area contributed by atoms with Crippen molar-refractivity contribution in [1.82, 2.24) is 5.32 Å². The van der Waals surface area contributed by atoms with E-state index in [1.165, 1.54) is 0 Å². The van der Waals surface area contributed by atoms with Gasteiger partial charge in [-0.2, -0.15) is 0 Å². The minimum atomic E-state index is 0.172.